The SMILES string of the molecule is CC(C)(C)OC(=O)N1CCC2(CC1)CN(c1c(/C=C(\F)c3cncc(-c4ccnnc4)n3)ccc(Oc3ccccc3)c1C(F)(F)F)CCO2. The van der Waals surface area contributed by atoms with E-state index in [1.165, 1.54) is 36.9 Å². The zero-order valence-electron chi connectivity index (χ0n) is 27.8. The molecule has 6 rings (SSSR count). The first-order chi connectivity index (χ1) is 23.8. The van der Waals surface area contributed by atoms with Gasteiger partial charge in [-0.05, 0) is 70.0 Å². The molecule has 2 saturated heterocycles. The van der Waals surface area contributed by atoms with Gasteiger partial charge in [0.05, 0.1) is 48.4 Å². The van der Waals surface area contributed by atoms with Crippen LogP contribution in [0.15, 0.2) is 73.3 Å². The molecule has 10 nitrogen and oxygen atoms in total. The number of morpholine rings is 1. The lowest BCUT2D eigenvalue weighted by Crippen LogP contribution is -2.58. The van der Waals surface area contributed by atoms with E-state index in [9.17, 15) is 4.79 Å². The molecule has 14 heteroatoms. The topological polar surface area (TPSA) is 103 Å². The van der Waals surface area contributed by atoms with Crippen LogP contribution in [0.3, 0.4) is 0 Å². The van der Waals surface area contributed by atoms with Crippen LogP contribution in [0.25, 0.3) is 23.2 Å². The van der Waals surface area contributed by atoms with E-state index in [0.717, 1.165) is 6.08 Å². The number of carbonyl (C=O) groups is 1. The highest BCUT2D eigenvalue weighted by Gasteiger charge is 2.45. The van der Waals surface area contributed by atoms with Crippen LogP contribution in [-0.4, -0.2) is 75.1 Å². The monoisotopic (exact) mass is 692 g/mol. The van der Waals surface area contributed by atoms with Gasteiger partial charge in [0.25, 0.3) is 0 Å². The fraction of sp³-hybridized carbons (Fsp3) is 0.361. The summed E-state index contributed by atoms with van der Waals surface area (Å²) in [7, 11) is 0. The van der Waals surface area contributed by atoms with Gasteiger partial charge in [0.1, 0.15) is 28.4 Å². The van der Waals surface area contributed by atoms with E-state index in [2.05, 4.69) is 20.2 Å². The van der Waals surface area contributed by atoms with E-state index in [1.54, 1.807) is 67.0 Å². The first kappa shape index (κ1) is 34.7. The number of alkyl halides is 3. The molecule has 0 saturated carbocycles. The first-order valence-electron chi connectivity index (χ1n) is 16.1. The molecule has 0 atom stereocenters. The number of halogens is 4. The van der Waals surface area contributed by atoms with Crippen LogP contribution >= 0.6 is 0 Å². The van der Waals surface area contributed by atoms with Gasteiger partial charge >= 0.3 is 12.3 Å². The molecule has 2 aromatic heterocycles. The maximum atomic E-state index is 16.0. The zero-order chi connectivity index (χ0) is 35.5. The summed E-state index contributed by atoms with van der Waals surface area (Å²) < 4.78 is 79.3. The van der Waals surface area contributed by atoms with E-state index in [-0.39, 0.29) is 42.4 Å². The summed E-state index contributed by atoms with van der Waals surface area (Å²) in [6.07, 6.45) is 1.95. The van der Waals surface area contributed by atoms with Gasteiger partial charge in [0.15, 0.2) is 5.83 Å². The number of likely N-dealkylation sites (tertiary alicyclic amines) is 1. The van der Waals surface area contributed by atoms with Crippen molar-refractivity contribution < 1.29 is 36.6 Å². The molecule has 0 unspecified atom stereocenters. The van der Waals surface area contributed by atoms with Crippen LogP contribution in [0.1, 0.15) is 50.4 Å². The van der Waals surface area contributed by atoms with Gasteiger partial charge in [-0.1, -0.05) is 18.2 Å². The van der Waals surface area contributed by atoms with Crippen molar-refractivity contribution in [2.75, 3.05) is 37.7 Å². The zero-order valence-corrected chi connectivity index (χ0v) is 27.8. The number of rotatable bonds is 6. The molecular weight excluding hydrogens is 656 g/mol. The number of para-hydroxylation sites is 1. The van der Waals surface area contributed by atoms with Gasteiger partial charge in [-0.2, -0.15) is 23.4 Å². The maximum absolute atomic E-state index is 16.0. The van der Waals surface area contributed by atoms with Gasteiger partial charge in [-0.3, -0.25) is 4.98 Å². The van der Waals surface area contributed by atoms with Crippen molar-refractivity contribution in [3.05, 3.63) is 90.1 Å². The summed E-state index contributed by atoms with van der Waals surface area (Å²) in [5.74, 6) is -1.10. The molecule has 4 heterocycles. The number of nitrogens with zero attached hydrogens (tertiary/aromatic N) is 6. The van der Waals surface area contributed by atoms with E-state index in [4.69, 9.17) is 14.2 Å². The number of ether oxygens (including phenoxy) is 3. The van der Waals surface area contributed by atoms with Gasteiger partial charge in [-0.25, -0.2) is 14.2 Å². The van der Waals surface area contributed by atoms with Gasteiger partial charge in [-0.15, -0.1) is 0 Å². The molecule has 0 radical (unpaired) electrons. The van der Waals surface area contributed by atoms with Crippen LogP contribution in [0.4, 0.5) is 28.0 Å². The van der Waals surface area contributed by atoms with Crippen LogP contribution in [0, 0.1) is 0 Å². The smallest absolute Gasteiger partial charge is 0.422 e. The van der Waals surface area contributed by atoms with Crippen molar-refractivity contribution >= 4 is 23.7 Å². The average Bonchev–Trinajstić information content (AvgIpc) is 3.08. The highest BCUT2D eigenvalue weighted by Crippen LogP contribution is 2.48. The Kier molecular flexibility index (Phi) is 9.74. The minimum atomic E-state index is -4.89. The van der Waals surface area contributed by atoms with Crippen molar-refractivity contribution in [1.29, 1.82) is 0 Å². The third-order valence-electron chi connectivity index (χ3n) is 8.36. The number of amides is 1. The van der Waals surface area contributed by atoms with Crippen molar-refractivity contribution in [3.8, 4) is 22.8 Å². The molecule has 2 aromatic carbocycles. The summed E-state index contributed by atoms with van der Waals surface area (Å²) in [4.78, 5) is 24.3. The molecule has 50 heavy (non-hydrogen) atoms. The fourth-order valence-corrected chi connectivity index (χ4v) is 6.05. The third-order valence-corrected chi connectivity index (χ3v) is 8.36. The average molecular weight is 693 g/mol. The van der Waals surface area contributed by atoms with Crippen LogP contribution in [-0.2, 0) is 15.7 Å². The van der Waals surface area contributed by atoms with Crippen LogP contribution < -0.4 is 9.64 Å². The quantitative estimate of drug-likeness (QED) is 0.187. The predicted molar refractivity (Wildman–Crippen MR) is 178 cm³/mol. The Morgan fingerprint density at radius 3 is 2.40 bits per heavy atom. The number of anilines is 1. The van der Waals surface area contributed by atoms with Gasteiger partial charge < -0.3 is 24.0 Å². The number of benzene rings is 2. The molecule has 1 spiro atoms. The minimum absolute atomic E-state index is 0.0312. The predicted octanol–water partition coefficient (Wildman–Crippen LogP) is 7.82. The van der Waals surface area contributed by atoms with Crippen molar-refractivity contribution in [2.24, 2.45) is 0 Å². The second-order valence-corrected chi connectivity index (χ2v) is 13.1. The van der Waals surface area contributed by atoms with E-state index < -0.39 is 40.6 Å². The van der Waals surface area contributed by atoms with E-state index >= 15 is 17.6 Å². The normalized spacial score (nSPS) is 16.7. The van der Waals surface area contributed by atoms with E-state index in [0.29, 0.717) is 37.2 Å². The lowest BCUT2D eigenvalue weighted by atomic mass is 9.88. The Morgan fingerprint density at radius 2 is 1.72 bits per heavy atom. The standard InChI is InChI=1S/C36H36F4N6O4/c1-34(2,3)50-33(47)45-15-12-35(13-16-45)23-46(17-18-48-35)32-24(9-10-30(31(32)36(38,39)40)49-26-7-5-4-6-8-26)19-27(37)29-22-41-21-28(44-29)25-11-14-42-43-20-25/h4-11,14,19-22H,12-13,15-18,23H2,1-3H3/b27-19-. The molecular formula is C36H36F4N6O4. The van der Waals surface area contributed by atoms with E-state index in [1.807, 2.05) is 0 Å². The number of hydrogen-bond donors (Lipinski definition) is 0. The molecule has 2 fully saturated rings. The van der Waals surface area contributed by atoms with Crippen molar-refractivity contribution in [2.45, 2.75) is 51.0 Å². The Morgan fingerprint density at radius 1 is 0.960 bits per heavy atom. The van der Waals surface area contributed by atoms with Gasteiger partial charge in [0.2, 0.25) is 0 Å². The highest BCUT2D eigenvalue weighted by molar-refractivity contribution is 5.84. The lowest BCUT2D eigenvalue weighted by molar-refractivity contribution is -0.138. The Bertz CT molecular complexity index is 1840. The molecule has 2 aliphatic heterocycles. The number of hydrogen-bond acceptors (Lipinski definition) is 9. The minimum Gasteiger partial charge on any atom is -0.457 e. The second-order valence-electron chi connectivity index (χ2n) is 13.1. The highest BCUT2D eigenvalue weighted by atomic mass is 19.4. The summed E-state index contributed by atoms with van der Waals surface area (Å²) in [5, 5.41) is 7.55. The molecule has 0 aliphatic carbocycles. The number of carbonyl (C=O) groups excluding carboxylic acids is 1. The first-order valence-corrected chi connectivity index (χ1v) is 16.1. The Labute approximate surface area is 286 Å². The van der Waals surface area contributed by atoms with Crippen molar-refractivity contribution in [1.82, 2.24) is 25.1 Å². The summed E-state index contributed by atoms with van der Waals surface area (Å²) in [5.41, 5.74) is -2.17. The Hall–Kier alpha value is -5.11. The summed E-state index contributed by atoms with van der Waals surface area (Å²) >= 11 is 0. The maximum Gasteiger partial charge on any atom is 0.422 e. The number of piperidine rings is 1. The summed E-state index contributed by atoms with van der Waals surface area (Å²) in [6.45, 7) is 6.23. The largest absolute Gasteiger partial charge is 0.457 e. The molecule has 262 valence electrons. The van der Waals surface area contributed by atoms with Crippen molar-refractivity contribution in [3.63, 3.8) is 0 Å². The van der Waals surface area contributed by atoms with Crippen LogP contribution in [0.5, 0.6) is 11.5 Å². The van der Waals surface area contributed by atoms with Crippen LogP contribution in [0.2, 0.25) is 0 Å². The van der Waals surface area contributed by atoms with Gasteiger partial charge in [0, 0.05) is 37.3 Å². The molecule has 1 amide bonds. The number of aromatic nitrogens is 4. The third kappa shape index (κ3) is 8.02. The molecule has 0 bridgehead atoms. The second kappa shape index (κ2) is 14.0. The molecule has 4 aromatic rings. The molecule has 0 N–H and O–H groups in total. The Balaban J connectivity index is 1.39. The lowest BCUT2D eigenvalue weighted by Gasteiger charge is -2.48. The summed E-state index contributed by atoms with van der Waals surface area (Å²) in [6, 6.07) is 12.4. The fourth-order valence-electron chi connectivity index (χ4n) is 6.05. The molecule has 2 aliphatic rings.